The number of hydrogen-bond acceptors (Lipinski definition) is 3. The molecule has 0 aromatic carbocycles. The monoisotopic (exact) mass is 219 g/mol. The Morgan fingerprint density at radius 2 is 1.86 bits per heavy atom. The van der Waals surface area contributed by atoms with Crippen molar-refractivity contribution in [1.82, 2.24) is 15.5 Å². The molecule has 0 bridgehead atoms. The second-order valence-corrected chi connectivity index (χ2v) is 3.79. The Bertz CT molecular complexity index is 261. The molecule has 0 unspecified atom stereocenters. The third kappa shape index (κ3) is 1.69. The highest BCUT2D eigenvalue weighted by molar-refractivity contribution is 6.07. The second kappa shape index (κ2) is 3.74. The maximum atomic E-state index is 11.5. The van der Waals surface area contributed by atoms with Crippen LogP contribution in [0.15, 0.2) is 0 Å². The van der Waals surface area contributed by atoms with E-state index in [0.717, 1.165) is 13.1 Å². The number of rotatable bonds is 0. The molecular weight excluding hydrogens is 206 g/mol. The topological polar surface area (TPSA) is 61.4 Å². The fourth-order valence-electron chi connectivity index (χ4n) is 1.88. The Hall–Kier alpha value is -0.810. The van der Waals surface area contributed by atoms with Gasteiger partial charge in [-0.2, -0.15) is 0 Å². The van der Waals surface area contributed by atoms with Gasteiger partial charge in [0.15, 0.2) is 0 Å². The number of piperidine rings is 1. The summed E-state index contributed by atoms with van der Waals surface area (Å²) in [6, 6.07) is -0.352. The molecule has 0 saturated carbocycles. The number of carbonyl (C=O) groups is 2. The summed E-state index contributed by atoms with van der Waals surface area (Å²) in [5.74, 6) is -0.161. The first-order chi connectivity index (χ1) is 6.12. The van der Waals surface area contributed by atoms with Crippen LogP contribution in [0.5, 0.6) is 0 Å². The normalized spacial score (nSPS) is 25.5. The number of halogens is 1. The smallest absolute Gasteiger partial charge is 0.322 e. The summed E-state index contributed by atoms with van der Waals surface area (Å²) < 4.78 is 0. The van der Waals surface area contributed by atoms with Gasteiger partial charge in [-0.3, -0.25) is 10.1 Å². The zero-order valence-corrected chi connectivity index (χ0v) is 8.82. The van der Waals surface area contributed by atoms with E-state index in [1.807, 2.05) is 7.05 Å². The first-order valence-electron chi connectivity index (χ1n) is 4.45. The van der Waals surface area contributed by atoms with E-state index in [9.17, 15) is 9.59 Å². The van der Waals surface area contributed by atoms with Crippen molar-refractivity contribution in [3.05, 3.63) is 0 Å². The predicted octanol–water partition coefficient (Wildman–Crippen LogP) is -0.288. The first kappa shape index (κ1) is 11.3. The third-order valence-corrected chi connectivity index (χ3v) is 2.86. The lowest BCUT2D eigenvalue weighted by Crippen LogP contribution is -2.54. The SMILES string of the molecule is CN1CCC2(CC1)NC(=O)NC2=O.Cl. The van der Waals surface area contributed by atoms with Crippen LogP contribution in [0.25, 0.3) is 0 Å². The Labute approximate surface area is 88.6 Å². The first-order valence-corrected chi connectivity index (χ1v) is 4.45. The fourth-order valence-corrected chi connectivity index (χ4v) is 1.88. The van der Waals surface area contributed by atoms with Crippen LogP contribution in [0.2, 0.25) is 0 Å². The Balaban J connectivity index is 0.000000980. The van der Waals surface area contributed by atoms with E-state index in [2.05, 4.69) is 15.5 Å². The molecule has 0 aliphatic carbocycles. The van der Waals surface area contributed by atoms with Crippen molar-refractivity contribution in [2.24, 2.45) is 0 Å². The van der Waals surface area contributed by atoms with E-state index >= 15 is 0 Å². The molecule has 2 rings (SSSR count). The van der Waals surface area contributed by atoms with E-state index in [1.54, 1.807) is 0 Å². The van der Waals surface area contributed by atoms with Crippen molar-refractivity contribution in [2.45, 2.75) is 18.4 Å². The summed E-state index contributed by atoms with van der Waals surface area (Å²) in [5.41, 5.74) is -0.608. The van der Waals surface area contributed by atoms with Gasteiger partial charge in [-0.25, -0.2) is 4.79 Å². The van der Waals surface area contributed by atoms with Gasteiger partial charge in [0.2, 0.25) is 0 Å². The van der Waals surface area contributed by atoms with Crippen molar-refractivity contribution in [2.75, 3.05) is 20.1 Å². The molecule has 0 aromatic rings. The van der Waals surface area contributed by atoms with Crippen LogP contribution in [0.3, 0.4) is 0 Å². The largest absolute Gasteiger partial charge is 0.323 e. The number of amides is 3. The minimum Gasteiger partial charge on any atom is -0.323 e. The Morgan fingerprint density at radius 3 is 2.29 bits per heavy atom. The maximum Gasteiger partial charge on any atom is 0.322 e. The number of carbonyl (C=O) groups excluding carboxylic acids is 2. The molecule has 2 aliphatic heterocycles. The Morgan fingerprint density at radius 1 is 1.29 bits per heavy atom. The molecule has 14 heavy (non-hydrogen) atoms. The van der Waals surface area contributed by atoms with E-state index in [-0.39, 0.29) is 24.3 Å². The summed E-state index contributed by atoms with van der Waals surface area (Å²) in [5, 5.41) is 5.00. The molecule has 0 aromatic heterocycles. The molecule has 80 valence electrons. The fraction of sp³-hybridized carbons (Fsp3) is 0.750. The molecule has 1 spiro atoms. The summed E-state index contributed by atoms with van der Waals surface area (Å²) in [6.45, 7) is 1.71. The number of hydrogen-bond donors (Lipinski definition) is 2. The second-order valence-electron chi connectivity index (χ2n) is 3.79. The van der Waals surface area contributed by atoms with Gasteiger partial charge in [0.25, 0.3) is 5.91 Å². The molecule has 3 amide bonds. The van der Waals surface area contributed by atoms with Crippen LogP contribution in [0.1, 0.15) is 12.8 Å². The van der Waals surface area contributed by atoms with Gasteiger partial charge in [-0.15, -0.1) is 12.4 Å². The molecular formula is C8H14ClN3O2. The Kier molecular flexibility index (Phi) is 3.01. The number of nitrogens with zero attached hydrogens (tertiary/aromatic N) is 1. The standard InChI is InChI=1S/C8H13N3O2.ClH/c1-11-4-2-8(3-5-11)6(12)9-7(13)10-8;/h2-5H2,1H3,(H2,9,10,12,13);1H. The summed E-state index contributed by atoms with van der Waals surface area (Å²) >= 11 is 0. The molecule has 0 radical (unpaired) electrons. The molecule has 2 saturated heterocycles. The summed E-state index contributed by atoms with van der Waals surface area (Å²) in [7, 11) is 2.02. The van der Waals surface area contributed by atoms with E-state index < -0.39 is 5.54 Å². The zero-order valence-electron chi connectivity index (χ0n) is 8.00. The van der Waals surface area contributed by atoms with E-state index in [4.69, 9.17) is 0 Å². The molecule has 0 atom stereocenters. The van der Waals surface area contributed by atoms with Gasteiger partial charge in [-0.05, 0) is 19.9 Å². The molecule has 2 fully saturated rings. The summed E-state index contributed by atoms with van der Waals surface area (Å²) in [4.78, 5) is 24.6. The number of imide groups is 1. The maximum absolute atomic E-state index is 11.5. The molecule has 2 aliphatic rings. The van der Waals surface area contributed by atoms with Gasteiger partial charge < -0.3 is 10.2 Å². The van der Waals surface area contributed by atoms with Gasteiger partial charge >= 0.3 is 6.03 Å². The third-order valence-electron chi connectivity index (χ3n) is 2.86. The highest BCUT2D eigenvalue weighted by Gasteiger charge is 2.47. The molecule has 6 heteroatoms. The average Bonchev–Trinajstić information content (AvgIpc) is 2.34. The number of urea groups is 1. The lowest BCUT2D eigenvalue weighted by Gasteiger charge is -2.34. The van der Waals surface area contributed by atoms with Gasteiger partial charge in [-0.1, -0.05) is 0 Å². The van der Waals surface area contributed by atoms with Crippen molar-refractivity contribution in [3.63, 3.8) is 0 Å². The van der Waals surface area contributed by atoms with Crippen LogP contribution >= 0.6 is 12.4 Å². The van der Waals surface area contributed by atoms with Gasteiger partial charge in [0.05, 0.1) is 0 Å². The van der Waals surface area contributed by atoms with Crippen LogP contribution in [0, 0.1) is 0 Å². The highest BCUT2D eigenvalue weighted by atomic mass is 35.5. The van der Waals surface area contributed by atoms with Crippen LogP contribution in [0.4, 0.5) is 4.79 Å². The van der Waals surface area contributed by atoms with Crippen molar-refractivity contribution in [3.8, 4) is 0 Å². The van der Waals surface area contributed by atoms with Gasteiger partial charge in [0.1, 0.15) is 5.54 Å². The molecule has 5 nitrogen and oxygen atoms in total. The minimum absolute atomic E-state index is 0. The quantitative estimate of drug-likeness (QED) is 0.551. The molecule has 2 N–H and O–H groups in total. The van der Waals surface area contributed by atoms with Crippen molar-refractivity contribution >= 4 is 24.3 Å². The van der Waals surface area contributed by atoms with Crippen LogP contribution < -0.4 is 10.6 Å². The number of likely N-dealkylation sites (tertiary alicyclic amines) is 1. The van der Waals surface area contributed by atoms with Crippen LogP contribution in [-0.2, 0) is 4.79 Å². The lowest BCUT2D eigenvalue weighted by molar-refractivity contribution is -0.125. The van der Waals surface area contributed by atoms with E-state index in [0.29, 0.717) is 12.8 Å². The predicted molar refractivity (Wildman–Crippen MR) is 53.4 cm³/mol. The summed E-state index contributed by atoms with van der Waals surface area (Å²) in [6.07, 6.45) is 1.42. The molecule has 2 heterocycles. The zero-order chi connectivity index (χ0) is 9.47. The minimum atomic E-state index is -0.608. The van der Waals surface area contributed by atoms with Crippen molar-refractivity contribution < 1.29 is 9.59 Å². The average molecular weight is 220 g/mol. The van der Waals surface area contributed by atoms with Gasteiger partial charge in [0, 0.05) is 13.1 Å². The van der Waals surface area contributed by atoms with Crippen LogP contribution in [-0.4, -0.2) is 42.5 Å². The van der Waals surface area contributed by atoms with Crippen molar-refractivity contribution in [1.29, 1.82) is 0 Å². The lowest BCUT2D eigenvalue weighted by atomic mass is 9.88. The highest BCUT2D eigenvalue weighted by Crippen LogP contribution is 2.24. The number of nitrogens with one attached hydrogen (secondary N) is 2. The van der Waals surface area contributed by atoms with E-state index in [1.165, 1.54) is 0 Å².